The number of urea groups is 1. The molecular formula is C17H15ClN4O3. The number of nitrogens with zero attached hydrogens (tertiary/aromatic N) is 2. The van der Waals surface area contributed by atoms with E-state index in [1.807, 2.05) is 12.1 Å². The highest BCUT2D eigenvalue weighted by atomic mass is 35.5. The van der Waals surface area contributed by atoms with Crippen LogP contribution >= 0.6 is 11.6 Å². The van der Waals surface area contributed by atoms with E-state index >= 15 is 0 Å². The van der Waals surface area contributed by atoms with E-state index in [9.17, 15) is 9.59 Å². The molecule has 0 bridgehead atoms. The minimum Gasteiger partial charge on any atom is -0.465 e. The molecule has 0 unspecified atom stereocenters. The van der Waals surface area contributed by atoms with Gasteiger partial charge in [0, 0.05) is 17.8 Å². The summed E-state index contributed by atoms with van der Waals surface area (Å²) in [4.78, 5) is 24.2. The van der Waals surface area contributed by atoms with Crippen LogP contribution in [0.15, 0.2) is 48.7 Å². The average Bonchev–Trinajstić information content (AvgIpc) is 2.98. The lowest BCUT2D eigenvalue weighted by Gasteiger charge is -2.07. The molecule has 0 aliphatic carbocycles. The number of ether oxygens (including phenoxy) is 1. The van der Waals surface area contributed by atoms with Crippen molar-refractivity contribution in [2.45, 2.75) is 6.54 Å². The largest absolute Gasteiger partial charge is 0.465 e. The Bertz CT molecular complexity index is 921. The highest BCUT2D eigenvalue weighted by Crippen LogP contribution is 2.21. The first-order valence-electron chi connectivity index (χ1n) is 7.43. The number of rotatable bonds is 4. The molecule has 0 saturated carbocycles. The van der Waals surface area contributed by atoms with Gasteiger partial charge in [0.15, 0.2) is 5.82 Å². The van der Waals surface area contributed by atoms with Crippen LogP contribution in [0.4, 0.5) is 10.6 Å². The molecule has 0 radical (unpaired) electrons. The highest BCUT2D eigenvalue weighted by Gasteiger charge is 2.21. The van der Waals surface area contributed by atoms with E-state index in [0.717, 1.165) is 5.56 Å². The van der Waals surface area contributed by atoms with E-state index in [1.165, 1.54) is 11.6 Å². The van der Waals surface area contributed by atoms with Crippen molar-refractivity contribution in [1.29, 1.82) is 0 Å². The molecule has 25 heavy (non-hydrogen) atoms. The first-order chi connectivity index (χ1) is 12.1. The van der Waals surface area contributed by atoms with Crippen LogP contribution in [0.2, 0.25) is 5.02 Å². The van der Waals surface area contributed by atoms with Gasteiger partial charge in [-0.15, -0.1) is 5.10 Å². The molecule has 3 rings (SSSR count). The summed E-state index contributed by atoms with van der Waals surface area (Å²) in [5.74, 6) is -0.444. The lowest BCUT2D eigenvalue weighted by atomic mass is 10.2. The summed E-state index contributed by atoms with van der Waals surface area (Å²) < 4.78 is 6.29. The minimum absolute atomic E-state index is 0.131. The zero-order valence-corrected chi connectivity index (χ0v) is 14.1. The first-order valence-corrected chi connectivity index (χ1v) is 7.81. The Kier molecular flexibility index (Phi) is 4.85. The van der Waals surface area contributed by atoms with Gasteiger partial charge in [-0.2, -0.15) is 0 Å². The number of benzene rings is 1. The van der Waals surface area contributed by atoms with Crippen LogP contribution in [-0.2, 0) is 11.3 Å². The number of aromatic nitrogens is 2. The smallest absolute Gasteiger partial charge is 0.343 e. The van der Waals surface area contributed by atoms with Gasteiger partial charge in [-0.3, -0.25) is 5.32 Å². The monoisotopic (exact) mass is 358 g/mol. The summed E-state index contributed by atoms with van der Waals surface area (Å²) >= 11 is 5.83. The lowest BCUT2D eigenvalue weighted by Crippen LogP contribution is -2.29. The van der Waals surface area contributed by atoms with Crippen molar-refractivity contribution in [3.63, 3.8) is 0 Å². The van der Waals surface area contributed by atoms with E-state index < -0.39 is 12.0 Å². The summed E-state index contributed by atoms with van der Waals surface area (Å²) in [6.07, 6.45) is 1.68. The van der Waals surface area contributed by atoms with E-state index in [2.05, 4.69) is 15.7 Å². The normalized spacial score (nSPS) is 10.5. The van der Waals surface area contributed by atoms with E-state index in [4.69, 9.17) is 16.3 Å². The van der Waals surface area contributed by atoms with Crippen molar-refractivity contribution in [2.75, 3.05) is 12.4 Å². The summed E-state index contributed by atoms with van der Waals surface area (Å²) in [6, 6.07) is 11.9. The Morgan fingerprint density at radius 3 is 2.68 bits per heavy atom. The molecule has 2 heterocycles. The third-order valence-corrected chi connectivity index (χ3v) is 3.78. The van der Waals surface area contributed by atoms with Gasteiger partial charge in [-0.1, -0.05) is 29.8 Å². The van der Waals surface area contributed by atoms with Crippen molar-refractivity contribution < 1.29 is 14.3 Å². The molecule has 3 aromatic rings. The van der Waals surface area contributed by atoms with Crippen LogP contribution in [0.1, 0.15) is 15.9 Å². The molecule has 2 aromatic heterocycles. The molecule has 2 amide bonds. The van der Waals surface area contributed by atoms with Crippen molar-refractivity contribution in [3.8, 4) is 0 Å². The summed E-state index contributed by atoms with van der Waals surface area (Å²) in [7, 11) is 1.28. The van der Waals surface area contributed by atoms with Crippen LogP contribution in [0.3, 0.4) is 0 Å². The fourth-order valence-electron chi connectivity index (χ4n) is 2.33. The summed E-state index contributed by atoms with van der Waals surface area (Å²) in [5, 5.41) is 10.1. The molecule has 0 atom stereocenters. The number of halogens is 1. The molecule has 0 aliphatic rings. The van der Waals surface area contributed by atoms with Crippen molar-refractivity contribution in [1.82, 2.24) is 14.9 Å². The molecule has 0 spiro atoms. The zero-order chi connectivity index (χ0) is 17.8. The molecule has 2 N–H and O–H groups in total. The predicted octanol–water partition coefficient (Wildman–Crippen LogP) is 3.10. The standard InChI is InChI=1S/C17H15ClN4O3/c1-25-16(23)14-13-4-2-3-9-22(13)21-15(14)20-17(24)19-10-11-5-7-12(18)8-6-11/h2-9H,10H2,1H3,(H2,19,20,21,24). The van der Waals surface area contributed by atoms with Gasteiger partial charge in [-0.05, 0) is 29.8 Å². The number of nitrogens with one attached hydrogen (secondary N) is 2. The maximum absolute atomic E-state index is 12.1. The van der Waals surface area contributed by atoms with Crippen molar-refractivity contribution in [2.24, 2.45) is 0 Å². The first kappa shape index (κ1) is 16.8. The number of esters is 1. The van der Waals surface area contributed by atoms with E-state index in [1.54, 1.807) is 36.5 Å². The summed E-state index contributed by atoms with van der Waals surface area (Å²) in [5.41, 5.74) is 1.63. The Morgan fingerprint density at radius 2 is 1.96 bits per heavy atom. The van der Waals surface area contributed by atoms with E-state index in [0.29, 0.717) is 17.1 Å². The lowest BCUT2D eigenvalue weighted by molar-refractivity contribution is 0.0604. The van der Waals surface area contributed by atoms with Gasteiger partial charge in [0.2, 0.25) is 0 Å². The molecule has 1 aromatic carbocycles. The molecule has 7 nitrogen and oxygen atoms in total. The van der Waals surface area contributed by atoms with Gasteiger partial charge in [0.25, 0.3) is 0 Å². The molecule has 0 aliphatic heterocycles. The molecule has 0 fully saturated rings. The van der Waals surface area contributed by atoms with Crippen molar-refractivity contribution in [3.05, 3.63) is 64.8 Å². The van der Waals surface area contributed by atoms with Crippen molar-refractivity contribution >= 4 is 34.9 Å². The SMILES string of the molecule is COC(=O)c1c(NC(=O)NCc2ccc(Cl)cc2)nn2ccccc12. The van der Waals surface area contributed by atoms with Gasteiger partial charge in [-0.25, -0.2) is 14.1 Å². The third kappa shape index (κ3) is 3.72. The topological polar surface area (TPSA) is 84.7 Å². The van der Waals surface area contributed by atoms with Crippen LogP contribution < -0.4 is 10.6 Å². The predicted molar refractivity (Wildman–Crippen MR) is 93.8 cm³/mol. The number of anilines is 1. The fourth-order valence-corrected chi connectivity index (χ4v) is 2.45. The molecule has 128 valence electrons. The number of fused-ring (bicyclic) bond motifs is 1. The number of methoxy groups -OCH3 is 1. The minimum atomic E-state index is -0.575. The van der Waals surface area contributed by atoms with Crippen LogP contribution in [0.5, 0.6) is 0 Å². The van der Waals surface area contributed by atoms with Gasteiger partial charge < -0.3 is 10.1 Å². The van der Waals surface area contributed by atoms with Crippen LogP contribution in [0.25, 0.3) is 5.52 Å². The van der Waals surface area contributed by atoms with Gasteiger partial charge >= 0.3 is 12.0 Å². The summed E-state index contributed by atoms with van der Waals surface area (Å²) in [6.45, 7) is 0.309. The second-order valence-electron chi connectivity index (χ2n) is 5.18. The second-order valence-corrected chi connectivity index (χ2v) is 5.62. The third-order valence-electron chi connectivity index (χ3n) is 3.53. The molecule has 8 heteroatoms. The number of carbonyl (C=O) groups excluding carboxylic acids is 2. The maximum Gasteiger partial charge on any atom is 0.343 e. The Morgan fingerprint density at radius 1 is 1.20 bits per heavy atom. The molecule has 0 saturated heterocycles. The second kappa shape index (κ2) is 7.23. The van der Waals surface area contributed by atoms with E-state index in [-0.39, 0.29) is 11.4 Å². The number of pyridine rings is 1. The Hall–Kier alpha value is -3.06. The van der Waals surface area contributed by atoms with Gasteiger partial charge in [0.1, 0.15) is 5.56 Å². The van der Waals surface area contributed by atoms with Crippen LogP contribution in [0, 0.1) is 0 Å². The Balaban J connectivity index is 1.76. The number of amides is 2. The number of hydrogen-bond donors (Lipinski definition) is 2. The molecular weight excluding hydrogens is 344 g/mol. The highest BCUT2D eigenvalue weighted by molar-refractivity contribution is 6.30. The van der Waals surface area contributed by atoms with Crippen LogP contribution in [-0.4, -0.2) is 28.7 Å². The number of carbonyl (C=O) groups is 2. The Labute approximate surface area is 148 Å². The van der Waals surface area contributed by atoms with Gasteiger partial charge in [0.05, 0.1) is 12.6 Å². The average molecular weight is 359 g/mol. The number of hydrogen-bond acceptors (Lipinski definition) is 4. The zero-order valence-electron chi connectivity index (χ0n) is 13.3. The quantitative estimate of drug-likeness (QED) is 0.702. The maximum atomic E-state index is 12.1. The fraction of sp³-hybridized carbons (Fsp3) is 0.118.